The van der Waals surface area contributed by atoms with Crippen molar-refractivity contribution in [3.8, 4) is 0 Å². The summed E-state index contributed by atoms with van der Waals surface area (Å²) < 4.78 is 0. The van der Waals surface area contributed by atoms with Crippen LogP contribution in [0.15, 0.2) is 23.1 Å². The normalized spacial score (nSPS) is 29.5. The molecule has 4 atom stereocenters. The van der Waals surface area contributed by atoms with Crippen molar-refractivity contribution in [2.45, 2.75) is 55.7 Å². The van der Waals surface area contributed by atoms with Gasteiger partial charge in [0.2, 0.25) is 11.8 Å². The molecule has 1 aromatic carbocycles. The van der Waals surface area contributed by atoms with Crippen LogP contribution in [0.1, 0.15) is 39.5 Å². The SMILES string of the molecule is C[C@@H]1[C@H](C)CCC[C@@H]1NC(=O)C[C@H]1Sc2ccc(Cl)cc2NC1=O. The Bertz CT molecular complexity index is 652. The highest BCUT2D eigenvalue weighted by Crippen LogP contribution is 2.38. The molecule has 1 aliphatic heterocycles. The Morgan fingerprint density at radius 1 is 1.38 bits per heavy atom. The summed E-state index contributed by atoms with van der Waals surface area (Å²) in [6.07, 6.45) is 3.62. The van der Waals surface area contributed by atoms with Crippen LogP contribution in [0.2, 0.25) is 5.02 Å². The van der Waals surface area contributed by atoms with Gasteiger partial charge in [0.15, 0.2) is 0 Å². The van der Waals surface area contributed by atoms with Crippen LogP contribution in [0, 0.1) is 11.8 Å². The minimum absolute atomic E-state index is 0.0361. The Morgan fingerprint density at radius 3 is 2.96 bits per heavy atom. The Balaban J connectivity index is 1.60. The predicted octanol–water partition coefficient (Wildman–Crippen LogP) is 4.08. The summed E-state index contributed by atoms with van der Waals surface area (Å²) >= 11 is 7.39. The monoisotopic (exact) mass is 366 g/mol. The zero-order valence-corrected chi connectivity index (χ0v) is 15.5. The second-order valence-electron chi connectivity index (χ2n) is 6.88. The van der Waals surface area contributed by atoms with Crippen LogP contribution in [-0.4, -0.2) is 23.1 Å². The Labute approximate surface area is 152 Å². The van der Waals surface area contributed by atoms with Gasteiger partial charge in [0.1, 0.15) is 0 Å². The number of thioether (sulfide) groups is 1. The van der Waals surface area contributed by atoms with E-state index in [4.69, 9.17) is 11.6 Å². The van der Waals surface area contributed by atoms with E-state index in [0.29, 0.717) is 16.9 Å². The van der Waals surface area contributed by atoms with E-state index >= 15 is 0 Å². The number of fused-ring (bicyclic) bond motifs is 1. The number of nitrogens with one attached hydrogen (secondary N) is 2. The molecule has 1 saturated carbocycles. The minimum Gasteiger partial charge on any atom is -0.353 e. The molecule has 3 rings (SSSR count). The van der Waals surface area contributed by atoms with Gasteiger partial charge in [0.25, 0.3) is 0 Å². The van der Waals surface area contributed by atoms with Crippen LogP contribution in [0.25, 0.3) is 0 Å². The lowest BCUT2D eigenvalue weighted by Gasteiger charge is -2.35. The highest BCUT2D eigenvalue weighted by molar-refractivity contribution is 8.01. The van der Waals surface area contributed by atoms with Crippen LogP contribution < -0.4 is 10.6 Å². The maximum atomic E-state index is 12.4. The summed E-state index contributed by atoms with van der Waals surface area (Å²) in [5.74, 6) is 0.951. The molecule has 2 aliphatic rings. The molecule has 0 bridgehead atoms. The standard InChI is InChI=1S/C18H23ClN2O2S/c1-10-4-3-5-13(11(10)2)20-17(22)9-16-18(23)21-14-8-12(19)6-7-15(14)24-16/h6-8,10-11,13,16H,3-5,9H2,1-2H3,(H,20,22)(H,21,23)/t10-,11-,13+,16-/m1/s1. The number of amides is 2. The molecule has 0 spiro atoms. The van der Waals surface area contributed by atoms with E-state index < -0.39 is 5.25 Å². The molecule has 1 heterocycles. The zero-order chi connectivity index (χ0) is 17.3. The van der Waals surface area contributed by atoms with Crippen molar-refractivity contribution >= 4 is 40.9 Å². The van der Waals surface area contributed by atoms with Gasteiger partial charge in [0, 0.05) is 22.4 Å². The summed E-state index contributed by atoms with van der Waals surface area (Å²) in [6, 6.07) is 5.65. The summed E-state index contributed by atoms with van der Waals surface area (Å²) in [6.45, 7) is 4.45. The third-order valence-corrected chi connectivity index (χ3v) is 6.70. The molecule has 1 fully saturated rings. The highest BCUT2D eigenvalue weighted by atomic mass is 35.5. The first-order chi connectivity index (χ1) is 11.4. The number of halogens is 1. The van der Waals surface area contributed by atoms with Gasteiger partial charge in [-0.2, -0.15) is 0 Å². The number of hydrogen-bond donors (Lipinski definition) is 2. The number of rotatable bonds is 3. The van der Waals surface area contributed by atoms with Crippen molar-refractivity contribution in [3.05, 3.63) is 23.2 Å². The largest absolute Gasteiger partial charge is 0.353 e. The van der Waals surface area contributed by atoms with Gasteiger partial charge in [-0.3, -0.25) is 9.59 Å². The van der Waals surface area contributed by atoms with E-state index in [-0.39, 0.29) is 24.3 Å². The third-order valence-electron chi connectivity index (χ3n) is 5.19. The van der Waals surface area contributed by atoms with Crippen LogP contribution in [0.3, 0.4) is 0 Å². The molecule has 0 unspecified atom stereocenters. The van der Waals surface area contributed by atoms with Gasteiger partial charge in [-0.05, 0) is 36.5 Å². The summed E-state index contributed by atoms with van der Waals surface area (Å²) in [4.78, 5) is 25.6. The van der Waals surface area contributed by atoms with Crippen LogP contribution in [0.5, 0.6) is 0 Å². The second kappa shape index (κ2) is 7.36. The average molecular weight is 367 g/mol. The Morgan fingerprint density at radius 2 is 2.17 bits per heavy atom. The van der Waals surface area contributed by atoms with Gasteiger partial charge in [-0.15, -0.1) is 11.8 Å². The van der Waals surface area contributed by atoms with E-state index in [1.165, 1.54) is 18.2 Å². The molecular formula is C18H23ClN2O2S. The quantitative estimate of drug-likeness (QED) is 0.847. The summed E-state index contributed by atoms with van der Waals surface area (Å²) in [5, 5.41) is 6.19. The van der Waals surface area contributed by atoms with Crippen molar-refractivity contribution in [2.24, 2.45) is 11.8 Å². The smallest absolute Gasteiger partial charge is 0.238 e. The van der Waals surface area contributed by atoms with E-state index in [2.05, 4.69) is 24.5 Å². The Kier molecular flexibility index (Phi) is 5.40. The molecule has 24 heavy (non-hydrogen) atoms. The topological polar surface area (TPSA) is 58.2 Å². The lowest BCUT2D eigenvalue weighted by Crippen LogP contribution is -2.45. The fourth-order valence-corrected chi connectivity index (χ4v) is 4.74. The molecule has 1 aliphatic carbocycles. The summed E-state index contributed by atoms with van der Waals surface area (Å²) in [5.41, 5.74) is 0.726. The van der Waals surface area contributed by atoms with Crippen molar-refractivity contribution < 1.29 is 9.59 Å². The number of hydrogen-bond acceptors (Lipinski definition) is 3. The van der Waals surface area contributed by atoms with Gasteiger partial charge in [-0.1, -0.05) is 38.3 Å². The van der Waals surface area contributed by atoms with Gasteiger partial charge >= 0.3 is 0 Å². The molecule has 0 aromatic heterocycles. The lowest BCUT2D eigenvalue weighted by atomic mass is 9.78. The fraction of sp³-hybridized carbons (Fsp3) is 0.556. The third kappa shape index (κ3) is 3.89. The molecule has 0 saturated heterocycles. The average Bonchev–Trinajstić information content (AvgIpc) is 2.53. The molecule has 0 radical (unpaired) electrons. The van der Waals surface area contributed by atoms with Gasteiger partial charge in [0.05, 0.1) is 10.9 Å². The zero-order valence-electron chi connectivity index (χ0n) is 14.0. The van der Waals surface area contributed by atoms with Crippen LogP contribution >= 0.6 is 23.4 Å². The van der Waals surface area contributed by atoms with E-state index in [9.17, 15) is 9.59 Å². The van der Waals surface area contributed by atoms with Crippen molar-refractivity contribution in [3.63, 3.8) is 0 Å². The van der Waals surface area contributed by atoms with Crippen LogP contribution in [0.4, 0.5) is 5.69 Å². The summed E-state index contributed by atoms with van der Waals surface area (Å²) in [7, 11) is 0. The predicted molar refractivity (Wildman–Crippen MR) is 98.5 cm³/mol. The van der Waals surface area contributed by atoms with Gasteiger partial charge < -0.3 is 10.6 Å². The molecule has 2 N–H and O–H groups in total. The minimum atomic E-state index is -0.394. The first kappa shape index (κ1) is 17.6. The van der Waals surface area contributed by atoms with Crippen molar-refractivity contribution in [1.29, 1.82) is 0 Å². The first-order valence-corrected chi connectivity index (χ1v) is 9.76. The number of carbonyl (C=O) groups excluding carboxylic acids is 2. The van der Waals surface area contributed by atoms with Crippen LogP contribution in [-0.2, 0) is 9.59 Å². The molecule has 1 aromatic rings. The number of carbonyl (C=O) groups is 2. The first-order valence-electron chi connectivity index (χ1n) is 8.50. The molecule has 6 heteroatoms. The van der Waals surface area contributed by atoms with E-state index in [1.807, 2.05) is 6.07 Å². The highest BCUT2D eigenvalue weighted by Gasteiger charge is 2.32. The fourth-order valence-electron chi connectivity index (χ4n) is 3.48. The molecule has 2 amide bonds. The molecule has 4 nitrogen and oxygen atoms in total. The van der Waals surface area contributed by atoms with Crippen molar-refractivity contribution in [1.82, 2.24) is 5.32 Å². The second-order valence-corrected chi connectivity index (χ2v) is 8.56. The van der Waals surface area contributed by atoms with E-state index in [1.54, 1.807) is 12.1 Å². The number of benzene rings is 1. The lowest BCUT2D eigenvalue weighted by molar-refractivity contribution is -0.125. The molecular weight excluding hydrogens is 344 g/mol. The Hall–Kier alpha value is -1.20. The van der Waals surface area contributed by atoms with Gasteiger partial charge in [-0.25, -0.2) is 0 Å². The van der Waals surface area contributed by atoms with Crippen molar-refractivity contribution in [2.75, 3.05) is 5.32 Å². The number of anilines is 1. The molecule has 130 valence electrons. The maximum absolute atomic E-state index is 12.4. The van der Waals surface area contributed by atoms with E-state index in [0.717, 1.165) is 23.4 Å². The maximum Gasteiger partial charge on any atom is 0.238 e.